The van der Waals surface area contributed by atoms with Crippen molar-refractivity contribution in [3.8, 4) is 11.5 Å². The summed E-state index contributed by atoms with van der Waals surface area (Å²) in [4.78, 5) is 28.9. The fourth-order valence-corrected chi connectivity index (χ4v) is 4.13. The molecule has 2 amide bonds. The number of methoxy groups -OCH3 is 1. The SMILES string of the molecule is COc1cccc(CN(C(=O)COc2ccc(C)cc2C)[C@@H](Cc2ccccc2)C(=O)NCC(C)C)c1. The van der Waals surface area contributed by atoms with E-state index < -0.39 is 6.04 Å². The highest BCUT2D eigenvalue weighted by molar-refractivity contribution is 5.88. The maximum Gasteiger partial charge on any atom is 0.261 e. The fraction of sp³-hybridized carbons (Fsp3) is 0.355. The molecule has 3 aromatic carbocycles. The van der Waals surface area contributed by atoms with Crippen molar-refractivity contribution in [3.63, 3.8) is 0 Å². The molecule has 0 radical (unpaired) electrons. The number of nitrogens with zero attached hydrogens (tertiary/aromatic N) is 1. The number of ether oxygens (including phenoxy) is 2. The zero-order chi connectivity index (χ0) is 26.8. The second-order valence-corrected chi connectivity index (χ2v) is 9.78. The molecule has 1 atom stereocenters. The van der Waals surface area contributed by atoms with Crippen LogP contribution in [0.15, 0.2) is 72.8 Å². The first-order valence-electron chi connectivity index (χ1n) is 12.7. The summed E-state index contributed by atoms with van der Waals surface area (Å²) in [5.41, 5.74) is 3.93. The molecule has 6 heteroatoms. The number of hydrogen-bond donors (Lipinski definition) is 1. The van der Waals surface area contributed by atoms with Crippen LogP contribution in [0.2, 0.25) is 0 Å². The van der Waals surface area contributed by atoms with Crippen LogP contribution in [0.4, 0.5) is 0 Å². The Kier molecular flexibility index (Phi) is 10.1. The van der Waals surface area contributed by atoms with E-state index in [0.29, 0.717) is 24.5 Å². The predicted octanol–water partition coefficient (Wildman–Crippen LogP) is 5.10. The van der Waals surface area contributed by atoms with Gasteiger partial charge in [0.15, 0.2) is 6.61 Å². The molecule has 0 unspecified atom stereocenters. The van der Waals surface area contributed by atoms with Crippen molar-refractivity contribution in [2.45, 2.75) is 46.7 Å². The van der Waals surface area contributed by atoms with Crippen molar-refractivity contribution in [2.75, 3.05) is 20.3 Å². The van der Waals surface area contributed by atoms with Gasteiger partial charge in [-0.05, 0) is 54.7 Å². The highest BCUT2D eigenvalue weighted by Gasteiger charge is 2.31. The third kappa shape index (κ3) is 8.38. The Morgan fingerprint density at radius 2 is 1.65 bits per heavy atom. The van der Waals surface area contributed by atoms with Crippen LogP contribution in [-0.2, 0) is 22.6 Å². The lowest BCUT2D eigenvalue weighted by molar-refractivity contribution is -0.142. The zero-order valence-electron chi connectivity index (χ0n) is 22.5. The number of benzene rings is 3. The van der Waals surface area contributed by atoms with E-state index in [0.717, 1.165) is 22.3 Å². The first-order valence-corrected chi connectivity index (χ1v) is 12.7. The van der Waals surface area contributed by atoms with Crippen LogP contribution >= 0.6 is 0 Å². The molecule has 6 nitrogen and oxygen atoms in total. The first-order chi connectivity index (χ1) is 17.8. The Hall–Kier alpha value is -3.80. The third-order valence-corrected chi connectivity index (χ3v) is 6.12. The summed E-state index contributed by atoms with van der Waals surface area (Å²) in [6, 6.07) is 22.5. The van der Waals surface area contributed by atoms with E-state index in [1.807, 2.05) is 100 Å². The van der Waals surface area contributed by atoms with E-state index in [-0.39, 0.29) is 30.9 Å². The summed E-state index contributed by atoms with van der Waals surface area (Å²) in [5.74, 6) is 1.20. The van der Waals surface area contributed by atoms with Crippen molar-refractivity contribution < 1.29 is 19.1 Å². The van der Waals surface area contributed by atoms with Gasteiger partial charge in [-0.2, -0.15) is 0 Å². The number of carbonyl (C=O) groups excluding carboxylic acids is 2. The highest BCUT2D eigenvalue weighted by atomic mass is 16.5. The van der Waals surface area contributed by atoms with Gasteiger partial charge in [0.25, 0.3) is 5.91 Å². The van der Waals surface area contributed by atoms with Gasteiger partial charge in [-0.25, -0.2) is 0 Å². The standard InChI is InChI=1S/C31H38N2O4/c1-22(2)19-32-31(35)28(18-25-10-7-6-8-11-25)33(20-26-12-9-13-27(17-26)36-5)30(34)21-37-29-15-14-23(3)16-24(29)4/h6-17,22,28H,18-21H2,1-5H3,(H,32,35)/t28-/m0/s1. The van der Waals surface area contributed by atoms with Crippen LogP contribution in [0.25, 0.3) is 0 Å². The number of nitrogens with one attached hydrogen (secondary N) is 1. The van der Waals surface area contributed by atoms with Gasteiger partial charge in [0.1, 0.15) is 17.5 Å². The largest absolute Gasteiger partial charge is 0.497 e. The van der Waals surface area contributed by atoms with Gasteiger partial charge in [-0.1, -0.05) is 74.0 Å². The number of aryl methyl sites for hydroxylation is 2. The molecule has 0 fully saturated rings. The van der Waals surface area contributed by atoms with Gasteiger partial charge in [-0.15, -0.1) is 0 Å². The molecule has 3 aromatic rings. The van der Waals surface area contributed by atoms with Crippen LogP contribution < -0.4 is 14.8 Å². The van der Waals surface area contributed by atoms with Gasteiger partial charge >= 0.3 is 0 Å². The van der Waals surface area contributed by atoms with Gasteiger partial charge in [0.2, 0.25) is 5.91 Å². The second-order valence-electron chi connectivity index (χ2n) is 9.78. The summed E-state index contributed by atoms with van der Waals surface area (Å²) >= 11 is 0. The van der Waals surface area contributed by atoms with Crippen LogP contribution in [0.5, 0.6) is 11.5 Å². The normalized spacial score (nSPS) is 11.6. The Balaban J connectivity index is 1.92. The first kappa shape index (κ1) is 27.8. The minimum absolute atomic E-state index is 0.170. The second kappa shape index (κ2) is 13.5. The average molecular weight is 503 g/mol. The minimum Gasteiger partial charge on any atom is -0.497 e. The van der Waals surface area contributed by atoms with Crippen molar-refractivity contribution in [3.05, 3.63) is 95.1 Å². The van der Waals surface area contributed by atoms with Crippen LogP contribution in [0.1, 0.15) is 36.1 Å². The van der Waals surface area contributed by atoms with Crippen molar-refractivity contribution in [1.82, 2.24) is 10.2 Å². The number of carbonyl (C=O) groups is 2. The highest BCUT2D eigenvalue weighted by Crippen LogP contribution is 2.21. The predicted molar refractivity (Wildman–Crippen MR) is 147 cm³/mol. The Morgan fingerprint density at radius 3 is 2.32 bits per heavy atom. The molecular weight excluding hydrogens is 464 g/mol. The molecule has 37 heavy (non-hydrogen) atoms. The van der Waals surface area contributed by atoms with E-state index in [1.165, 1.54) is 0 Å². The number of rotatable bonds is 12. The van der Waals surface area contributed by atoms with Crippen LogP contribution in [0.3, 0.4) is 0 Å². The van der Waals surface area contributed by atoms with E-state index in [9.17, 15) is 9.59 Å². The van der Waals surface area contributed by atoms with Gasteiger partial charge < -0.3 is 19.7 Å². The van der Waals surface area contributed by atoms with Crippen molar-refractivity contribution >= 4 is 11.8 Å². The third-order valence-electron chi connectivity index (χ3n) is 6.12. The lowest BCUT2D eigenvalue weighted by Gasteiger charge is -2.32. The van der Waals surface area contributed by atoms with E-state index in [1.54, 1.807) is 12.0 Å². The molecule has 0 heterocycles. The molecule has 0 spiro atoms. The van der Waals surface area contributed by atoms with E-state index in [2.05, 4.69) is 5.32 Å². The molecule has 1 N–H and O–H groups in total. The summed E-state index contributed by atoms with van der Waals surface area (Å²) in [6.07, 6.45) is 0.393. The molecule has 0 bridgehead atoms. The molecule has 0 aliphatic rings. The Labute approximate surface area is 220 Å². The molecule has 0 aromatic heterocycles. The monoisotopic (exact) mass is 502 g/mol. The Bertz CT molecular complexity index is 1180. The Morgan fingerprint density at radius 1 is 0.919 bits per heavy atom. The van der Waals surface area contributed by atoms with Gasteiger partial charge in [0, 0.05) is 19.5 Å². The number of hydrogen-bond acceptors (Lipinski definition) is 4. The van der Waals surface area contributed by atoms with Crippen LogP contribution in [0, 0.1) is 19.8 Å². The molecule has 3 rings (SSSR count). The summed E-state index contributed by atoms with van der Waals surface area (Å²) < 4.78 is 11.3. The van der Waals surface area contributed by atoms with Gasteiger partial charge in [-0.3, -0.25) is 9.59 Å². The molecular formula is C31H38N2O4. The van der Waals surface area contributed by atoms with E-state index >= 15 is 0 Å². The summed E-state index contributed by atoms with van der Waals surface area (Å²) in [7, 11) is 1.61. The maximum absolute atomic E-state index is 13.7. The molecule has 0 saturated heterocycles. The van der Waals surface area contributed by atoms with Gasteiger partial charge in [0.05, 0.1) is 7.11 Å². The number of amides is 2. The van der Waals surface area contributed by atoms with Crippen molar-refractivity contribution in [2.24, 2.45) is 5.92 Å². The minimum atomic E-state index is -0.706. The topological polar surface area (TPSA) is 67.9 Å². The summed E-state index contributed by atoms with van der Waals surface area (Å²) in [6.45, 7) is 8.67. The van der Waals surface area contributed by atoms with E-state index in [4.69, 9.17) is 9.47 Å². The fourth-order valence-electron chi connectivity index (χ4n) is 4.13. The molecule has 0 aliphatic carbocycles. The maximum atomic E-state index is 13.7. The zero-order valence-corrected chi connectivity index (χ0v) is 22.5. The molecule has 0 aliphatic heterocycles. The lowest BCUT2D eigenvalue weighted by Crippen LogP contribution is -2.52. The average Bonchev–Trinajstić information content (AvgIpc) is 2.89. The quantitative estimate of drug-likeness (QED) is 0.374. The molecule has 196 valence electrons. The lowest BCUT2D eigenvalue weighted by atomic mass is 10.0. The van der Waals surface area contributed by atoms with Crippen molar-refractivity contribution in [1.29, 1.82) is 0 Å². The summed E-state index contributed by atoms with van der Waals surface area (Å²) in [5, 5.41) is 3.04. The smallest absolute Gasteiger partial charge is 0.261 e. The molecule has 0 saturated carbocycles. The van der Waals surface area contributed by atoms with Crippen LogP contribution in [-0.4, -0.2) is 43.0 Å².